The standard InChI is InChI=1S/C34H39N5O4/c1-5-16-33(19-22(3)20-34(6-2,21-33)43-23(4)40)32(42)36-26-13-10-24(11-14-26)30-37-27-15-12-25(18-28(27)38-30)31(41)39-29-9-7-8-17-35-29/h7-15,17-18,22H,5-6,16,19-21H2,1-4H3,(H,36,42)(H,37,38)(H,35,39,41)/t22?,33?,34-/m0/s1. The second-order valence-electron chi connectivity index (χ2n) is 11.9. The summed E-state index contributed by atoms with van der Waals surface area (Å²) in [5.41, 5.74) is 2.27. The maximum absolute atomic E-state index is 13.9. The summed E-state index contributed by atoms with van der Waals surface area (Å²) in [5, 5.41) is 5.95. The summed E-state index contributed by atoms with van der Waals surface area (Å²) < 4.78 is 5.88. The summed E-state index contributed by atoms with van der Waals surface area (Å²) in [5.74, 6) is 0.813. The number of ether oxygens (including phenoxy) is 1. The molecule has 5 rings (SSSR count). The quantitative estimate of drug-likeness (QED) is 0.181. The molecule has 1 fully saturated rings. The average molecular weight is 582 g/mol. The van der Waals surface area contributed by atoms with E-state index < -0.39 is 11.0 Å². The SMILES string of the molecule is CCCC1(C(=O)Nc2ccc(-c3nc4ccc(C(=O)Nc5ccccn5)cc4[nH]3)cc2)CC(C)C[C@](CC)(OC(C)=O)C1. The third-order valence-corrected chi connectivity index (χ3v) is 8.40. The second kappa shape index (κ2) is 12.4. The Labute approximate surface area is 251 Å². The van der Waals surface area contributed by atoms with E-state index in [0.717, 1.165) is 42.3 Å². The number of benzene rings is 2. The Balaban J connectivity index is 1.32. The molecule has 2 aromatic carbocycles. The first-order chi connectivity index (χ1) is 20.6. The van der Waals surface area contributed by atoms with Gasteiger partial charge in [-0.25, -0.2) is 9.97 Å². The Hall–Kier alpha value is -4.53. The van der Waals surface area contributed by atoms with Crippen LogP contribution in [0.4, 0.5) is 11.5 Å². The molecule has 224 valence electrons. The van der Waals surface area contributed by atoms with Gasteiger partial charge in [0, 0.05) is 36.4 Å². The maximum atomic E-state index is 13.9. The van der Waals surface area contributed by atoms with Gasteiger partial charge < -0.3 is 20.4 Å². The van der Waals surface area contributed by atoms with Gasteiger partial charge in [-0.15, -0.1) is 0 Å². The van der Waals surface area contributed by atoms with Crippen molar-refractivity contribution in [3.63, 3.8) is 0 Å². The van der Waals surface area contributed by atoms with Crippen LogP contribution >= 0.6 is 0 Å². The van der Waals surface area contributed by atoms with Crippen LogP contribution in [0.1, 0.15) is 76.6 Å². The van der Waals surface area contributed by atoms with Crippen molar-refractivity contribution in [1.82, 2.24) is 15.0 Å². The first-order valence-electron chi connectivity index (χ1n) is 15.0. The molecule has 1 saturated carbocycles. The van der Waals surface area contributed by atoms with Crippen molar-refractivity contribution in [2.24, 2.45) is 11.3 Å². The lowest BCUT2D eigenvalue weighted by Crippen LogP contribution is -2.51. The highest BCUT2D eigenvalue weighted by molar-refractivity contribution is 6.05. The maximum Gasteiger partial charge on any atom is 0.303 e. The molecule has 9 heteroatoms. The fourth-order valence-corrected chi connectivity index (χ4v) is 6.70. The van der Waals surface area contributed by atoms with Gasteiger partial charge in [-0.1, -0.05) is 33.3 Å². The van der Waals surface area contributed by atoms with Crippen LogP contribution in [0, 0.1) is 11.3 Å². The van der Waals surface area contributed by atoms with Gasteiger partial charge in [0.05, 0.1) is 16.4 Å². The number of rotatable bonds is 9. The number of carbonyl (C=O) groups excluding carboxylic acids is 3. The molecule has 0 radical (unpaired) electrons. The molecule has 0 spiro atoms. The smallest absolute Gasteiger partial charge is 0.303 e. The number of aromatic nitrogens is 3. The van der Waals surface area contributed by atoms with Crippen molar-refractivity contribution < 1.29 is 19.1 Å². The molecule has 0 bridgehead atoms. The van der Waals surface area contributed by atoms with E-state index in [-0.39, 0.29) is 23.7 Å². The van der Waals surface area contributed by atoms with E-state index in [0.29, 0.717) is 35.7 Å². The van der Waals surface area contributed by atoms with Crippen LogP contribution in [0.2, 0.25) is 0 Å². The van der Waals surface area contributed by atoms with Crippen LogP contribution in [0.5, 0.6) is 0 Å². The normalized spacial score (nSPS) is 21.7. The molecular formula is C34H39N5O4. The van der Waals surface area contributed by atoms with Crippen LogP contribution in [-0.4, -0.2) is 38.3 Å². The monoisotopic (exact) mass is 581 g/mol. The molecular weight excluding hydrogens is 542 g/mol. The number of pyridine rings is 1. The number of carbonyl (C=O) groups is 3. The summed E-state index contributed by atoms with van der Waals surface area (Å²) in [6.45, 7) is 7.71. The molecule has 9 nitrogen and oxygen atoms in total. The minimum atomic E-state index is -0.625. The van der Waals surface area contributed by atoms with E-state index in [1.165, 1.54) is 6.92 Å². The number of anilines is 2. The van der Waals surface area contributed by atoms with Gasteiger partial charge in [-0.05, 0) is 86.2 Å². The van der Waals surface area contributed by atoms with E-state index >= 15 is 0 Å². The third kappa shape index (κ3) is 6.61. The molecule has 0 saturated heterocycles. The lowest BCUT2D eigenvalue weighted by atomic mass is 9.60. The number of esters is 1. The zero-order chi connectivity index (χ0) is 30.6. The molecule has 2 heterocycles. The van der Waals surface area contributed by atoms with Crippen LogP contribution in [0.25, 0.3) is 22.4 Å². The Kier molecular flexibility index (Phi) is 8.62. The number of fused-ring (bicyclic) bond motifs is 1. The second-order valence-corrected chi connectivity index (χ2v) is 11.9. The summed E-state index contributed by atoms with van der Waals surface area (Å²) in [7, 11) is 0. The number of imidazole rings is 1. The van der Waals surface area contributed by atoms with Gasteiger partial charge in [0.1, 0.15) is 17.2 Å². The van der Waals surface area contributed by atoms with E-state index in [4.69, 9.17) is 9.72 Å². The molecule has 2 aromatic heterocycles. The Morgan fingerprint density at radius 2 is 1.81 bits per heavy atom. The Bertz CT molecular complexity index is 1620. The summed E-state index contributed by atoms with van der Waals surface area (Å²) in [4.78, 5) is 50.7. The van der Waals surface area contributed by atoms with E-state index in [1.54, 1.807) is 30.5 Å². The first kappa shape index (κ1) is 29.9. The molecule has 3 atom stereocenters. The van der Waals surface area contributed by atoms with Crippen LogP contribution in [0.15, 0.2) is 66.9 Å². The van der Waals surface area contributed by atoms with Gasteiger partial charge in [0.25, 0.3) is 5.91 Å². The van der Waals surface area contributed by atoms with Gasteiger partial charge in [0.15, 0.2) is 0 Å². The lowest BCUT2D eigenvalue weighted by Gasteiger charge is -2.48. The summed E-state index contributed by atoms with van der Waals surface area (Å²) in [6.07, 6.45) is 5.94. The van der Waals surface area contributed by atoms with Crippen molar-refractivity contribution in [1.29, 1.82) is 0 Å². The largest absolute Gasteiger partial charge is 0.459 e. The predicted molar refractivity (Wildman–Crippen MR) is 167 cm³/mol. The van der Waals surface area contributed by atoms with Gasteiger partial charge >= 0.3 is 5.97 Å². The number of nitrogens with zero attached hydrogens (tertiary/aromatic N) is 2. The van der Waals surface area contributed by atoms with Crippen molar-refractivity contribution in [3.05, 3.63) is 72.4 Å². The number of hydrogen-bond donors (Lipinski definition) is 3. The van der Waals surface area contributed by atoms with Gasteiger partial charge in [0.2, 0.25) is 5.91 Å². The minimum Gasteiger partial charge on any atom is -0.459 e. The molecule has 2 amide bonds. The molecule has 0 aliphatic heterocycles. The highest BCUT2D eigenvalue weighted by Gasteiger charge is 2.51. The van der Waals surface area contributed by atoms with Crippen molar-refractivity contribution in [2.45, 2.75) is 71.8 Å². The van der Waals surface area contributed by atoms with E-state index in [2.05, 4.69) is 34.4 Å². The zero-order valence-corrected chi connectivity index (χ0v) is 25.2. The number of aromatic amines is 1. The fourth-order valence-electron chi connectivity index (χ4n) is 6.70. The lowest BCUT2D eigenvalue weighted by molar-refractivity contribution is -0.173. The highest BCUT2D eigenvalue weighted by Crippen LogP contribution is 2.50. The van der Waals surface area contributed by atoms with Crippen LogP contribution in [0.3, 0.4) is 0 Å². The molecule has 4 aromatic rings. The van der Waals surface area contributed by atoms with Gasteiger partial charge in [-0.2, -0.15) is 0 Å². The van der Waals surface area contributed by atoms with E-state index in [1.807, 2.05) is 43.3 Å². The molecule has 2 unspecified atom stereocenters. The fraction of sp³-hybridized carbons (Fsp3) is 0.382. The van der Waals surface area contributed by atoms with Crippen LogP contribution in [-0.2, 0) is 14.3 Å². The third-order valence-electron chi connectivity index (χ3n) is 8.40. The van der Waals surface area contributed by atoms with Crippen molar-refractivity contribution in [3.8, 4) is 11.4 Å². The Morgan fingerprint density at radius 3 is 2.49 bits per heavy atom. The topological polar surface area (TPSA) is 126 Å². The Morgan fingerprint density at radius 1 is 1.02 bits per heavy atom. The average Bonchev–Trinajstić information content (AvgIpc) is 3.41. The number of nitrogens with one attached hydrogen (secondary N) is 3. The van der Waals surface area contributed by atoms with Gasteiger partial charge in [-0.3, -0.25) is 14.4 Å². The number of hydrogen-bond acceptors (Lipinski definition) is 6. The predicted octanol–water partition coefficient (Wildman–Crippen LogP) is 7.13. The minimum absolute atomic E-state index is 0.0288. The molecule has 1 aliphatic carbocycles. The molecule has 43 heavy (non-hydrogen) atoms. The first-order valence-corrected chi connectivity index (χ1v) is 15.0. The van der Waals surface area contributed by atoms with Crippen LogP contribution < -0.4 is 10.6 Å². The number of H-pyrrole nitrogens is 1. The van der Waals surface area contributed by atoms with E-state index in [9.17, 15) is 14.4 Å². The number of amides is 2. The molecule has 3 N–H and O–H groups in total. The van der Waals surface area contributed by atoms with Crippen molar-refractivity contribution in [2.75, 3.05) is 10.6 Å². The highest BCUT2D eigenvalue weighted by atomic mass is 16.6. The zero-order valence-electron chi connectivity index (χ0n) is 25.2. The van der Waals surface area contributed by atoms with Crippen molar-refractivity contribution >= 4 is 40.3 Å². The molecule has 1 aliphatic rings. The summed E-state index contributed by atoms with van der Waals surface area (Å²) in [6, 6.07) is 18.2. The summed E-state index contributed by atoms with van der Waals surface area (Å²) >= 11 is 0.